The van der Waals surface area contributed by atoms with E-state index in [1.165, 1.54) is 14.0 Å². The standard InChI is InChI=1S/C14H26O10/c1-5-8(17)9(18)13(7(4-16)22-5)24-14-11(20)10(19)12(21-2)6(3-15)23-14/h5-20H,3-4H2,1-2H3/t5?,6?,7-,8?,9?,10?,11-,12+,13+,14-/m0/s1. The van der Waals surface area contributed by atoms with Gasteiger partial charge in [-0.15, -0.1) is 0 Å². The Morgan fingerprint density at radius 2 is 1.33 bits per heavy atom. The Balaban J connectivity index is 2.12. The van der Waals surface area contributed by atoms with Crippen molar-refractivity contribution in [2.45, 2.75) is 68.1 Å². The fourth-order valence-electron chi connectivity index (χ4n) is 3.05. The molecule has 0 spiro atoms. The van der Waals surface area contributed by atoms with Crippen molar-refractivity contribution in [3.8, 4) is 0 Å². The van der Waals surface area contributed by atoms with Crippen molar-refractivity contribution in [1.29, 1.82) is 0 Å². The zero-order chi connectivity index (χ0) is 18.0. The monoisotopic (exact) mass is 354 g/mol. The van der Waals surface area contributed by atoms with Crippen molar-refractivity contribution in [2.75, 3.05) is 20.3 Å². The maximum Gasteiger partial charge on any atom is 0.187 e. The predicted molar refractivity (Wildman–Crippen MR) is 76.9 cm³/mol. The third-order valence-electron chi connectivity index (χ3n) is 4.49. The predicted octanol–water partition coefficient (Wildman–Crippen LogP) is -3.67. The Labute approximate surface area is 139 Å². The molecule has 10 heteroatoms. The molecule has 0 saturated carbocycles. The molecule has 0 aliphatic carbocycles. The zero-order valence-electron chi connectivity index (χ0n) is 13.5. The number of aliphatic hydroxyl groups excluding tert-OH is 6. The molecule has 2 saturated heterocycles. The first-order valence-electron chi connectivity index (χ1n) is 7.78. The normalized spacial score (nSPS) is 50.0. The quantitative estimate of drug-likeness (QED) is 0.290. The van der Waals surface area contributed by atoms with Crippen molar-refractivity contribution >= 4 is 0 Å². The largest absolute Gasteiger partial charge is 0.394 e. The molecule has 10 nitrogen and oxygen atoms in total. The van der Waals surface area contributed by atoms with Crippen LogP contribution < -0.4 is 0 Å². The first-order valence-corrected chi connectivity index (χ1v) is 7.78. The molecule has 0 radical (unpaired) electrons. The van der Waals surface area contributed by atoms with Crippen LogP contribution in [0.3, 0.4) is 0 Å². The molecular weight excluding hydrogens is 328 g/mol. The van der Waals surface area contributed by atoms with Crippen LogP contribution in [0.1, 0.15) is 6.92 Å². The van der Waals surface area contributed by atoms with E-state index < -0.39 is 74.4 Å². The number of hydrogen-bond donors (Lipinski definition) is 6. The Bertz CT molecular complexity index is 392. The van der Waals surface area contributed by atoms with E-state index in [0.29, 0.717) is 0 Å². The van der Waals surface area contributed by atoms with Crippen molar-refractivity contribution in [1.82, 2.24) is 0 Å². The Morgan fingerprint density at radius 1 is 0.792 bits per heavy atom. The highest BCUT2D eigenvalue weighted by Gasteiger charge is 2.50. The lowest BCUT2D eigenvalue weighted by molar-refractivity contribution is -0.343. The summed E-state index contributed by atoms with van der Waals surface area (Å²) < 4.78 is 21.2. The molecule has 0 aromatic rings. The molecule has 6 N–H and O–H groups in total. The number of aliphatic hydroxyl groups is 6. The average molecular weight is 354 g/mol. The molecule has 10 atom stereocenters. The van der Waals surface area contributed by atoms with Gasteiger partial charge in [-0.1, -0.05) is 0 Å². The molecule has 142 valence electrons. The third kappa shape index (κ3) is 3.73. The topological polar surface area (TPSA) is 158 Å². The molecule has 2 rings (SSSR count). The molecule has 0 aromatic carbocycles. The van der Waals surface area contributed by atoms with Crippen molar-refractivity contribution in [3.63, 3.8) is 0 Å². The summed E-state index contributed by atoms with van der Waals surface area (Å²) in [5, 5.41) is 59.0. The van der Waals surface area contributed by atoms with E-state index in [1.54, 1.807) is 0 Å². The van der Waals surface area contributed by atoms with Gasteiger partial charge in [0.1, 0.15) is 48.8 Å². The Morgan fingerprint density at radius 3 is 1.88 bits per heavy atom. The summed E-state index contributed by atoms with van der Waals surface area (Å²) in [4.78, 5) is 0. The average Bonchev–Trinajstić information content (AvgIpc) is 2.58. The summed E-state index contributed by atoms with van der Waals surface area (Å²) in [6.07, 6.45) is -11.8. The maximum absolute atomic E-state index is 10.2. The van der Waals surface area contributed by atoms with Gasteiger partial charge in [0.15, 0.2) is 6.29 Å². The molecule has 2 aliphatic rings. The minimum atomic E-state index is -1.53. The molecule has 2 fully saturated rings. The van der Waals surface area contributed by atoms with E-state index >= 15 is 0 Å². The molecule has 0 bridgehead atoms. The van der Waals surface area contributed by atoms with Gasteiger partial charge in [-0.25, -0.2) is 0 Å². The van der Waals surface area contributed by atoms with Crippen LogP contribution in [-0.4, -0.2) is 112 Å². The maximum atomic E-state index is 10.2. The molecular formula is C14H26O10. The van der Waals surface area contributed by atoms with Crippen molar-refractivity contribution < 1.29 is 49.6 Å². The minimum absolute atomic E-state index is 0.491. The second kappa shape index (κ2) is 8.32. The van der Waals surface area contributed by atoms with Gasteiger partial charge in [0, 0.05) is 7.11 Å². The van der Waals surface area contributed by atoms with E-state index in [0.717, 1.165) is 0 Å². The highest BCUT2D eigenvalue weighted by molar-refractivity contribution is 4.95. The van der Waals surface area contributed by atoms with Gasteiger partial charge in [-0.3, -0.25) is 0 Å². The molecule has 24 heavy (non-hydrogen) atoms. The second-order valence-electron chi connectivity index (χ2n) is 6.05. The van der Waals surface area contributed by atoms with Gasteiger partial charge < -0.3 is 49.6 Å². The van der Waals surface area contributed by atoms with Crippen LogP contribution in [0, 0.1) is 0 Å². The lowest BCUT2D eigenvalue weighted by Crippen LogP contribution is -2.64. The minimum Gasteiger partial charge on any atom is -0.394 e. The Hall–Kier alpha value is -0.400. The summed E-state index contributed by atoms with van der Waals surface area (Å²) in [6, 6.07) is 0. The SMILES string of the molecule is CO[C@@H]1C(CO)O[C@@H](O[C@H]2C(O)C(O)C(C)O[C@H]2CO)[C@@H](O)C1O. The van der Waals surface area contributed by atoms with Crippen molar-refractivity contribution in [3.05, 3.63) is 0 Å². The molecule has 0 aromatic heterocycles. The van der Waals surface area contributed by atoms with E-state index in [-0.39, 0.29) is 0 Å². The fourth-order valence-corrected chi connectivity index (χ4v) is 3.05. The van der Waals surface area contributed by atoms with Gasteiger partial charge in [0.05, 0.1) is 19.3 Å². The summed E-state index contributed by atoms with van der Waals surface area (Å²) in [7, 11) is 1.30. The summed E-state index contributed by atoms with van der Waals surface area (Å²) >= 11 is 0. The van der Waals surface area contributed by atoms with Gasteiger partial charge in [-0.2, -0.15) is 0 Å². The Kier molecular flexibility index (Phi) is 6.90. The lowest BCUT2D eigenvalue weighted by atomic mass is 9.95. The van der Waals surface area contributed by atoms with Crippen molar-refractivity contribution in [2.24, 2.45) is 0 Å². The number of rotatable bonds is 5. The van der Waals surface area contributed by atoms with E-state index in [1.807, 2.05) is 0 Å². The van der Waals surface area contributed by atoms with Crippen LogP contribution in [0.15, 0.2) is 0 Å². The molecule has 2 heterocycles. The van der Waals surface area contributed by atoms with Gasteiger partial charge in [0.2, 0.25) is 0 Å². The fraction of sp³-hybridized carbons (Fsp3) is 1.00. The van der Waals surface area contributed by atoms with E-state index in [9.17, 15) is 30.6 Å². The summed E-state index contributed by atoms with van der Waals surface area (Å²) in [6.45, 7) is 0.552. The number of ether oxygens (including phenoxy) is 4. The van der Waals surface area contributed by atoms with Gasteiger partial charge in [0.25, 0.3) is 0 Å². The molecule has 2 aliphatic heterocycles. The molecule has 5 unspecified atom stereocenters. The van der Waals surface area contributed by atoms with Crippen LogP contribution >= 0.6 is 0 Å². The van der Waals surface area contributed by atoms with Crippen LogP contribution in [0.25, 0.3) is 0 Å². The van der Waals surface area contributed by atoms with Gasteiger partial charge in [-0.05, 0) is 6.92 Å². The number of hydrogen-bond acceptors (Lipinski definition) is 10. The first kappa shape index (κ1) is 19.9. The van der Waals surface area contributed by atoms with Crippen LogP contribution in [0.4, 0.5) is 0 Å². The summed E-state index contributed by atoms with van der Waals surface area (Å²) in [5.41, 5.74) is 0. The number of methoxy groups -OCH3 is 1. The highest BCUT2D eigenvalue weighted by atomic mass is 16.7. The van der Waals surface area contributed by atoms with Crippen LogP contribution in [-0.2, 0) is 18.9 Å². The van der Waals surface area contributed by atoms with Crippen LogP contribution in [0.5, 0.6) is 0 Å². The third-order valence-corrected chi connectivity index (χ3v) is 4.49. The smallest absolute Gasteiger partial charge is 0.187 e. The summed E-state index contributed by atoms with van der Waals surface area (Å²) in [5.74, 6) is 0. The van der Waals surface area contributed by atoms with E-state index in [2.05, 4.69) is 0 Å². The van der Waals surface area contributed by atoms with E-state index in [4.69, 9.17) is 18.9 Å². The molecule has 0 amide bonds. The lowest BCUT2D eigenvalue weighted by Gasteiger charge is -2.46. The van der Waals surface area contributed by atoms with Crippen LogP contribution in [0.2, 0.25) is 0 Å². The first-order chi connectivity index (χ1) is 11.3. The zero-order valence-corrected chi connectivity index (χ0v) is 13.5. The van der Waals surface area contributed by atoms with Gasteiger partial charge >= 0.3 is 0 Å². The highest BCUT2D eigenvalue weighted by Crippen LogP contribution is 2.29. The second-order valence-corrected chi connectivity index (χ2v) is 6.05.